The van der Waals surface area contributed by atoms with Crippen LogP contribution < -0.4 is 10.0 Å². The Labute approximate surface area is 150 Å². The monoisotopic (exact) mass is 365 g/mol. The largest absolute Gasteiger partial charge is 0.352 e. The minimum atomic E-state index is -3.60. The van der Waals surface area contributed by atoms with Crippen LogP contribution in [0.15, 0.2) is 34.2 Å². The van der Waals surface area contributed by atoms with Gasteiger partial charge in [0, 0.05) is 11.6 Å². The number of aliphatic imine (C=N–C) groups is 1. The zero-order valence-corrected chi connectivity index (χ0v) is 16.1. The lowest BCUT2D eigenvalue weighted by atomic mass is 10.0. The highest BCUT2D eigenvalue weighted by Crippen LogP contribution is 2.23. The van der Waals surface area contributed by atoms with Gasteiger partial charge in [0.05, 0.1) is 4.90 Å². The van der Waals surface area contributed by atoms with Gasteiger partial charge >= 0.3 is 0 Å². The zero-order valence-electron chi connectivity index (χ0n) is 15.2. The van der Waals surface area contributed by atoms with Gasteiger partial charge in [0.15, 0.2) is 0 Å². The first-order chi connectivity index (χ1) is 11.8. The van der Waals surface area contributed by atoms with Crippen molar-refractivity contribution in [3.05, 3.63) is 29.8 Å². The molecule has 0 aromatic heterocycles. The van der Waals surface area contributed by atoms with Crippen molar-refractivity contribution in [3.63, 3.8) is 0 Å². The fourth-order valence-electron chi connectivity index (χ4n) is 2.84. The van der Waals surface area contributed by atoms with Gasteiger partial charge in [-0.05, 0) is 37.3 Å². The Morgan fingerprint density at radius 2 is 1.84 bits per heavy atom. The number of hydrogen-bond donors (Lipinski definition) is 2. The normalized spacial score (nSPS) is 18.2. The molecule has 1 unspecified atom stereocenters. The van der Waals surface area contributed by atoms with E-state index in [9.17, 15) is 13.2 Å². The van der Waals surface area contributed by atoms with Crippen LogP contribution in [0.4, 0.5) is 0 Å². The number of benzene rings is 1. The van der Waals surface area contributed by atoms with Crippen molar-refractivity contribution in [1.29, 1.82) is 0 Å². The highest BCUT2D eigenvalue weighted by molar-refractivity contribution is 7.90. The molecule has 7 heteroatoms. The van der Waals surface area contributed by atoms with Crippen LogP contribution in [-0.4, -0.2) is 32.2 Å². The molecule has 0 radical (unpaired) electrons. The average Bonchev–Trinajstić information content (AvgIpc) is 2.82. The van der Waals surface area contributed by atoms with Crippen molar-refractivity contribution in [3.8, 4) is 0 Å². The molecule has 1 amide bonds. The molecule has 6 nitrogen and oxygen atoms in total. The van der Waals surface area contributed by atoms with Gasteiger partial charge in [-0.25, -0.2) is 8.42 Å². The van der Waals surface area contributed by atoms with Crippen LogP contribution in [0.25, 0.3) is 0 Å². The maximum atomic E-state index is 12.7. The van der Waals surface area contributed by atoms with Crippen molar-refractivity contribution in [2.75, 3.05) is 0 Å². The molecule has 1 heterocycles. The molecular formula is C18H27N3O3S. The Balaban J connectivity index is 2.34. The number of carbonyl (C=O) groups is 1. The van der Waals surface area contributed by atoms with Gasteiger partial charge in [-0.2, -0.15) is 0 Å². The number of rotatable bonds is 7. The first kappa shape index (κ1) is 19.4. The molecule has 0 saturated heterocycles. The van der Waals surface area contributed by atoms with Gasteiger partial charge < -0.3 is 5.32 Å². The minimum Gasteiger partial charge on any atom is -0.352 e. The molecule has 0 fully saturated rings. The lowest BCUT2D eigenvalue weighted by Crippen LogP contribution is -2.41. The van der Waals surface area contributed by atoms with Gasteiger partial charge in [0.25, 0.3) is 10.0 Å². The summed E-state index contributed by atoms with van der Waals surface area (Å²) in [4.78, 5) is 17.4. The summed E-state index contributed by atoms with van der Waals surface area (Å²) in [6.07, 6.45) is 2.25. The van der Waals surface area contributed by atoms with E-state index >= 15 is 0 Å². The molecule has 0 aliphatic carbocycles. The number of amidine groups is 1. The van der Waals surface area contributed by atoms with E-state index in [1.807, 2.05) is 27.7 Å². The second-order valence-electron chi connectivity index (χ2n) is 6.75. The van der Waals surface area contributed by atoms with Crippen LogP contribution in [0.3, 0.4) is 0 Å². The molecular weight excluding hydrogens is 338 g/mol. The number of hydrogen-bond acceptors (Lipinski definition) is 4. The minimum absolute atomic E-state index is 0.106. The van der Waals surface area contributed by atoms with E-state index < -0.39 is 16.1 Å². The summed E-state index contributed by atoms with van der Waals surface area (Å²) in [6.45, 7) is 8.09. The number of carbonyl (C=O) groups excluding carboxylic acids is 1. The van der Waals surface area contributed by atoms with Gasteiger partial charge in [0.2, 0.25) is 5.91 Å². The van der Waals surface area contributed by atoms with Crippen LogP contribution in [0.5, 0.6) is 0 Å². The van der Waals surface area contributed by atoms with E-state index in [0.717, 1.165) is 12.8 Å². The molecule has 1 aliphatic heterocycles. The summed E-state index contributed by atoms with van der Waals surface area (Å²) in [5, 5.41) is 3.02. The molecule has 25 heavy (non-hydrogen) atoms. The maximum Gasteiger partial charge on any atom is 0.263 e. The third kappa shape index (κ3) is 4.60. The second kappa shape index (κ2) is 7.99. The second-order valence-corrected chi connectivity index (χ2v) is 8.40. The zero-order chi connectivity index (χ0) is 18.6. The molecule has 1 aromatic carbocycles. The van der Waals surface area contributed by atoms with E-state index in [0.29, 0.717) is 12.0 Å². The Morgan fingerprint density at radius 3 is 2.44 bits per heavy atom. The van der Waals surface area contributed by atoms with Gasteiger partial charge in [-0.15, -0.1) is 0 Å². The molecule has 2 N–H and O–H groups in total. The summed E-state index contributed by atoms with van der Waals surface area (Å²) in [7, 11) is -3.60. The van der Waals surface area contributed by atoms with Crippen LogP contribution >= 0.6 is 0 Å². The maximum absolute atomic E-state index is 12.7. The predicted molar refractivity (Wildman–Crippen MR) is 99.1 cm³/mol. The van der Waals surface area contributed by atoms with E-state index in [1.165, 1.54) is 0 Å². The molecule has 1 aliphatic rings. The Bertz CT molecular complexity index is 753. The first-order valence-corrected chi connectivity index (χ1v) is 10.3. The molecule has 0 saturated carbocycles. The van der Waals surface area contributed by atoms with Crippen molar-refractivity contribution in [2.45, 2.75) is 63.9 Å². The molecule has 0 spiro atoms. The Morgan fingerprint density at radius 1 is 1.20 bits per heavy atom. The fourth-order valence-corrected chi connectivity index (χ4v) is 4.08. The van der Waals surface area contributed by atoms with Gasteiger partial charge in [0.1, 0.15) is 11.9 Å². The van der Waals surface area contributed by atoms with Crippen molar-refractivity contribution in [1.82, 2.24) is 10.0 Å². The van der Waals surface area contributed by atoms with E-state index in [1.54, 1.807) is 24.3 Å². The van der Waals surface area contributed by atoms with E-state index in [-0.39, 0.29) is 28.6 Å². The molecule has 1 atom stereocenters. The standard InChI is InChI=1S/C18H27N3O3S/c1-5-13(6-2)19-18(22)15(11-12(3)4)20-17-14-9-7-8-10-16(14)25(23,24)21-17/h7-10,12-13,15H,5-6,11H2,1-4H3,(H,19,22)(H,20,21). The molecule has 1 aromatic rings. The molecule has 138 valence electrons. The molecule has 2 rings (SSSR count). The predicted octanol–water partition coefficient (Wildman–Crippen LogP) is 2.44. The van der Waals surface area contributed by atoms with Crippen LogP contribution in [0, 0.1) is 5.92 Å². The number of nitrogens with one attached hydrogen (secondary N) is 2. The Hall–Kier alpha value is -1.89. The van der Waals surface area contributed by atoms with Crippen molar-refractivity contribution in [2.24, 2.45) is 10.9 Å². The number of sulfonamides is 1. The van der Waals surface area contributed by atoms with Crippen molar-refractivity contribution < 1.29 is 13.2 Å². The average molecular weight is 365 g/mol. The fraction of sp³-hybridized carbons (Fsp3) is 0.556. The molecule has 0 bridgehead atoms. The van der Waals surface area contributed by atoms with Gasteiger partial charge in [-0.1, -0.05) is 39.8 Å². The lowest BCUT2D eigenvalue weighted by Gasteiger charge is -2.20. The first-order valence-electron chi connectivity index (χ1n) is 8.78. The summed E-state index contributed by atoms with van der Waals surface area (Å²) in [5.74, 6) is 0.356. The van der Waals surface area contributed by atoms with E-state index in [4.69, 9.17) is 0 Å². The Kier molecular flexibility index (Phi) is 6.21. The lowest BCUT2D eigenvalue weighted by molar-refractivity contribution is -0.123. The van der Waals surface area contributed by atoms with Crippen LogP contribution in [0.2, 0.25) is 0 Å². The smallest absolute Gasteiger partial charge is 0.263 e. The third-order valence-electron chi connectivity index (χ3n) is 4.28. The third-order valence-corrected chi connectivity index (χ3v) is 5.67. The summed E-state index contributed by atoms with van der Waals surface area (Å²) < 4.78 is 26.9. The number of nitrogens with zero attached hydrogens (tertiary/aromatic N) is 1. The quantitative estimate of drug-likeness (QED) is 0.778. The van der Waals surface area contributed by atoms with Crippen LogP contribution in [-0.2, 0) is 14.8 Å². The SMILES string of the molecule is CCC(CC)NC(=O)C(CC(C)C)N=C1NS(=O)(=O)c2ccccc21. The van der Waals surface area contributed by atoms with Crippen LogP contribution in [0.1, 0.15) is 52.5 Å². The van der Waals surface area contributed by atoms with Crippen molar-refractivity contribution >= 4 is 21.8 Å². The number of amides is 1. The highest BCUT2D eigenvalue weighted by Gasteiger charge is 2.32. The highest BCUT2D eigenvalue weighted by atomic mass is 32.2. The van der Waals surface area contributed by atoms with Gasteiger partial charge in [-0.3, -0.25) is 14.5 Å². The number of fused-ring (bicyclic) bond motifs is 1. The van der Waals surface area contributed by atoms with E-state index in [2.05, 4.69) is 15.0 Å². The summed E-state index contributed by atoms with van der Waals surface area (Å²) >= 11 is 0. The summed E-state index contributed by atoms with van der Waals surface area (Å²) in [5.41, 5.74) is 0.520. The topological polar surface area (TPSA) is 87.6 Å². The summed E-state index contributed by atoms with van der Waals surface area (Å²) in [6, 6.07) is 6.17.